The minimum atomic E-state index is 0.186. The van der Waals surface area contributed by atoms with Crippen molar-refractivity contribution in [3.05, 3.63) is 22.4 Å². The highest BCUT2D eigenvalue weighted by Crippen LogP contribution is 2.14. The largest absolute Gasteiger partial charge is 0.383 e. The second-order valence-corrected chi connectivity index (χ2v) is 5.80. The van der Waals surface area contributed by atoms with Crippen LogP contribution >= 0.6 is 11.3 Å². The number of amides is 1. The Bertz CT molecular complexity index is 354. The molecule has 2 N–H and O–H groups in total. The van der Waals surface area contributed by atoms with Gasteiger partial charge in [0.05, 0.1) is 13.2 Å². The molecule has 1 rings (SSSR count). The lowest BCUT2D eigenvalue weighted by atomic mass is 10.1. The summed E-state index contributed by atoms with van der Waals surface area (Å²) in [6, 6.07) is 4.07. The van der Waals surface area contributed by atoms with E-state index in [0.29, 0.717) is 38.6 Å². The van der Waals surface area contributed by atoms with Gasteiger partial charge in [0.1, 0.15) is 0 Å². The molecule has 1 heterocycles. The zero-order valence-corrected chi connectivity index (χ0v) is 12.6. The van der Waals surface area contributed by atoms with Crippen molar-refractivity contribution < 1.29 is 9.53 Å². The summed E-state index contributed by atoms with van der Waals surface area (Å²) in [7, 11) is 1.66. The zero-order valence-electron chi connectivity index (χ0n) is 11.8. The van der Waals surface area contributed by atoms with Gasteiger partial charge in [-0.15, -0.1) is 11.3 Å². The number of carbonyl (C=O) groups is 1. The summed E-state index contributed by atoms with van der Waals surface area (Å²) < 4.78 is 5.08. The van der Waals surface area contributed by atoms with E-state index in [9.17, 15) is 4.79 Å². The smallest absolute Gasteiger partial charge is 0.222 e. The van der Waals surface area contributed by atoms with Crippen LogP contribution in [0.1, 0.15) is 24.6 Å². The van der Waals surface area contributed by atoms with Crippen LogP contribution in [0.2, 0.25) is 0 Å². The first-order valence-corrected chi connectivity index (χ1v) is 7.54. The molecular formula is C14H24N2O2S. The molecule has 1 aromatic rings. The monoisotopic (exact) mass is 284 g/mol. The topological polar surface area (TPSA) is 55.6 Å². The quantitative estimate of drug-likeness (QED) is 0.755. The highest BCUT2D eigenvalue weighted by Gasteiger charge is 2.15. The summed E-state index contributed by atoms with van der Waals surface area (Å²) in [5, 5.41) is 2.03. The Balaban J connectivity index is 2.49. The van der Waals surface area contributed by atoms with Crippen molar-refractivity contribution in [1.82, 2.24) is 4.90 Å². The van der Waals surface area contributed by atoms with Gasteiger partial charge in [-0.3, -0.25) is 4.79 Å². The lowest BCUT2D eigenvalue weighted by molar-refractivity contribution is -0.132. The fourth-order valence-electron chi connectivity index (χ4n) is 1.73. The van der Waals surface area contributed by atoms with Gasteiger partial charge in [-0.25, -0.2) is 0 Å². The van der Waals surface area contributed by atoms with E-state index in [-0.39, 0.29) is 5.91 Å². The maximum Gasteiger partial charge on any atom is 0.222 e. The Morgan fingerprint density at radius 2 is 2.37 bits per heavy atom. The minimum Gasteiger partial charge on any atom is -0.383 e. The first-order valence-electron chi connectivity index (χ1n) is 6.66. The van der Waals surface area contributed by atoms with Crippen LogP contribution in [-0.2, 0) is 16.1 Å². The Morgan fingerprint density at radius 3 is 2.95 bits per heavy atom. The number of nitrogens with zero attached hydrogens (tertiary/aromatic N) is 1. The number of methoxy groups -OCH3 is 1. The van der Waals surface area contributed by atoms with Crippen molar-refractivity contribution in [1.29, 1.82) is 0 Å². The molecule has 0 aliphatic carbocycles. The molecule has 1 atom stereocenters. The van der Waals surface area contributed by atoms with Crippen LogP contribution in [0, 0.1) is 5.92 Å². The lowest BCUT2D eigenvalue weighted by Crippen LogP contribution is -2.33. The molecule has 1 amide bonds. The maximum atomic E-state index is 12.2. The third kappa shape index (κ3) is 6.18. The van der Waals surface area contributed by atoms with Crippen LogP contribution in [0.25, 0.3) is 0 Å². The van der Waals surface area contributed by atoms with Crippen molar-refractivity contribution in [2.75, 3.05) is 26.8 Å². The summed E-state index contributed by atoms with van der Waals surface area (Å²) in [5.74, 6) is 0.584. The number of hydrogen-bond acceptors (Lipinski definition) is 4. The van der Waals surface area contributed by atoms with Gasteiger partial charge in [0.2, 0.25) is 5.91 Å². The Hall–Kier alpha value is -0.910. The number of thiophene rings is 1. The summed E-state index contributed by atoms with van der Waals surface area (Å²) in [5.41, 5.74) is 5.58. The summed E-state index contributed by atoms with van der Waals surface area (Å²) in [4.78, 5) is 15.3. The molecule has 19 heavy (non-hydrogen) atoms. The van der Waals surface area contributed by atoms with E-state index >= 15 is 0 Å². The lowest BCUT2D eigenvalue weighted by Gasteiger charge is -2.22. The number of ether oxygens (including phenoxy) is 1. The molecule has 0 aliphatic rings. The summed E-state index contributed by atoms with van der Waals surface area (Å²) >= 11 is 1.68. The van der Waals surface area contributed by atoms with E-state index in [1.807, 2.05) is 16.3 Å². The number of nitrogens with two attached hydrogens (primary N) is 1. The molecule has 5 heteroatoms. The second kappa shape index (κ2) is 9.07. The predicted molar refractivity (Wildman–Crippen MR) is 79.1 cm³/mol. The molecule has 0 bridgehead atoms. The fraction of sp³-hybridized carbons (Fsp3) is 0.643. The average Bonchev–Trinajstić information content (AvgIpc) is 2.93. The van der Waals surface area contributed by atoms with E-state index in [2.05, 4.69) is 13.0 Å². The van der Waals surface area contributed by atoms with Crippen molar-refractivity contribution in [2.24, 2.45) is 11.7 Å². The number of hydrogen-bond donors (Lipinski definition) is 1. The molecule has 0 spiro atoms. The van der Waals surface area contributed by atoms with Crippen LogP contribution in [-0.4, -0.2) is 37.6 Å². The molecule has 0 fully saturated rings. The molecule has 0 aliphatic heterocycles. The van der Waals surface area contributed by atoms with E-state index in [0.717, 1.165) is 6.42 Å². The first kappa shape index (κ1) is 16.1. The Morgan fingerprint density at radius 1 is 1.58 bits per heavy atom. The number of rotatable bonds is 9. The standard InChI is InChI=1S/C14H24N2O2S/c1-12(10-15)5-6-14(17)16(7-8-18-2)11-13-4-3-9-19-13/h3-4,9,12H,5-8,10-11,15H2,1-2H3. The van der Waals surface area contributed by atoms with E-state index < -0.39 is 0 Å². The van der Waals surface area contributed by atoms with E-state index in [1.165, 1.54) is 4.88 Å². The normalized spacial score (nSPS) is 12.4. The Kier molecular flexibility index (Phi) is 7.70. The average molecular weight is 284 g/mol. The third-order valence-electron chi connectivity index (χ3n) is 3.10. The van der Waals surface area contributed by atoms with Crippen LogP contribution in [0.5, 0.6) is 0 Å². The van der Waals surface area contributed by atoms with Gasteiger partial charge in [0, 0.05) is 25.0 Å². The van der Waals surface area contributed by atoms with Gasteiger partial charge in [-0.05, 0) is 30.3 Å². The molecular weight excluding hydrogens is 260 g/mol. The van der Waals surface area contributed by atoms with E-state index in [1.54, 1.807) is 18.4 Å². The molecule has 1 aromatic heterocycles. The van der Waals surface area contributed by atoms with Gasteiger partial charge in [-0.2, -0.15) is 0 Å². The highest BCUT2D eigenvalue weighted by atomic mass is 32.1. The van der Waals surface area contributed by atoms with Crippen molar-refractivity contribution >= 4 is 17.2 Å². The highest BCUT2D eigenvalue weighted by molar-refractivity contribution is 7.09. The van der Waals surface area contributed by atoms with Crippen molar-refractivity contribution in [3.63, 3.8) is 0 Å². The van der Waals surface area contributed by atoms with Crippen molar-refractivity contribution in [3.8, 4) is 0 Å². The molecule has 0 aromatic carbocycles. The molecule has 0 saturated heterocycles. The summed E-state index contributed by atoms with van der Waals surface area (Å²) in [6.45, 7) is 4.60. The first-order chi connectivity index (χ1) is 9.17. The van der Waals surface area contributed by atoms with Crippen LogP contribution in [0.4, 0.5) is 0 Å². The van der Waals surface area contributed by atoms with Gasteiger partial charge in [-0.1, -0.05) is 13.0 Å². The van der Waals surface area contributed by atoms with Gasteiger partial charge >= 0.3 is 0 Å². The molecule has 108 valence electrons. The molecule has 0 radical (unpaired) electrons. The predicted octanol–water partition coefficient (Wildman–Crippen LogP) is 2.10. The minimum absolute atomic E-state index is 0.186. The Labute approximate surface area is 119 Å². The molecule has 0 saturated carbocycles. The number of carbonyl (C=O) groups excluding carboxylic acids is 1. The SMILES string of the molecule is COCCN(Cc1cccs1)C(=O)CCC(C)CN. The van der Waals surface area contributed by atoms with Crippen LogP contribution in [0.15, 0.2) is 17.5 Å². The van der Waals surface area contributed by atoms with E-state index in [4.69, 9.17) is 10.5 Å². The van der Waals surface area contributed by atoms with Gasteiger partial charge in [0.15, 0.2) is 0 Å². The van der Waals surface area contributed by atoms with Crippen LogP contribution < -0.4 is 5.73 Å². The maximum absolute atomic E-state index is 12.2. The van der Waals surface area contributed by atoms with Gasteiger partial charge < -0.3 is 15.4 Å². The van der Waals surface area contributed by atoms with Gasteiger partial charge in [0.25, 0.3) is 0 Å². The molecule has 1 unspecified atom stereocenters. The second-order valence-electron chi connectivity index (χ2n) is 4.77. The summed E-state index contributed by atoms with van der Waals surface area (Å²) in [6.07, 6.45) is 1.41. The van der Waals surface area contributed by atoms with Crippen molar-refractivity contribution in [2.45, 2.75) is 26.3 Å². The fourth-order valence-corrected chi connectivity index (χ4v) is 2.45. The van der Waals surface area contributed by atoms with Crippen LogP contribution in [0.3, 0.4) is 0 Å². The zero-order chi connectivity index (χ0) is 14.1. The third-order valence-corrected chi connectivity index (χ3v) is 3.96. The molecule has 4 nitrogen and oxygen atoms in total.